The van der Waals surface area contributed by atoms with E-state index in [1.165, 1.54) is 0 Å². The van der Waals surface area contributed by atoms with Crippen LogP contribution < -0.4 is 0 Å². The molecule has 0 spiro atoms. The van der Waals surface area contributed by atoms with Crippen LogP contribution in [0.1, 0.15) is 0 Å². The molecular weight excluding hydrogens is 291 g/mol. The van der Waals surface area contributed by atoms with Gasteiger partial charge in [-0.1, -0.05) is 58.9 Å². The molecule has 0 nitrogen and oxygen atoms in total. The third-order valence-corrected chi connectivity index (χ3v) is 3.38. The van der Waals surface area contributed by atoms with Gasteiger partial charge in [0.1, 0.15) is 0 Å². The Hall–Kier alpha value is -0.137. The van der Waals surface area contributed by atoms with Crippen molar-refractivity contribution >= 4 is 41.6 Å². The second-order valence-corrected chi connectivity index (χ2v) is 21.4. The van der Waals surface area contributed by atoms with E-state index >= 15 is 0 Å². The summed E-state index contributed by atoms with van der Waals surface area (Å²) in [5, 5.41) is 0. The zero-order valence-electron chi connectivity index (χ0n) is 14.1. The third kappa shape index (κ3) is 57.2. The monoisotopic (exact) mass is 318 g/mol. The second kappa shape index (κ2) is 11.7. The predicted molar refractivity (Wildman–Crippen MR) is 97.2 cm³/mol. The second-order valence-electron chi connectivity index (χ2n) is 7.12. The van der Waals surface area contributed by atoms with Gasteiger partial charge in [0.15, 0.2) is 0 Å². The fraction of sp³-hybridized carbons (Fsp3) is 0.600. The molecule has 0 unspecified atom stereocenters. The molecule has 0 saturated heterocycles. The van der Waals surface area contributed by atoms with Crippen molar-refractivity contribution in [2.24, 2.45) is 0 Å². The molecule has 0 aliphatic heterocycles. The van der Waals surface area contributed by atoms with E-state index in [4.69, 9.17) is 19.3 Å². The van der Waals surface area contributed by atoms with Gasteiger partial charge in [-0.25, -0.2) is 0 Å². The van der Waals surface area contributed by atoms with Crippen LogP contribution in [0.5, 0.6) is 0 Å². The zero-order valence-corrected chi connectivity index (χ0v) is 18.2. The molecule has 0 rings (SSSR count). The first-order valence-corrected chi connectivity index (χ1v) is 16.5. The minimum Gasteiger partial charge on any atom is -0.701 e. The van der Waals surface area contributed by atoms with Crippen molar-refractivity contribution < 1.29 is 0 Å². The summed E-state index contributed by atoms with van der Waals surface area (Å²) in [5.41, 5.74) is 7.48. The molecule has 0 aromatic heterocycles. The number of hydrogen-bond donors (Lipinski definition) is 0. The molecule has 0 N–H and O–H groups in total. The summed E-state index contributed by atoms with van der Waals surface area (Å²) in [5.74, 6) is 0. The van der Waals surface area contributed by atoms with Crippen LogP contribution in [0.15, 0.2) is 0 Å². The van der Waals surface area contributed by atoms with E-state index < -0.39 is 24.2 Å². The van der Waals surface area contributed by atoms with Gasteiger partial charge in [0, 0.05) is 0 Å². The fourth-order valence-corrected chi connectivity index (χ4v) is 0. The van der Waals surface area contributed by atoms with Crippen molar-refractivity contribution in [1.29, 1.82) is 0 Å². The molecule has 0 fully saturated rings. The smallest absolute Gasteiger partial charge is 0.701 e. The van der Waals surface area contributed by atoms with Crippen LogP contribution in [0.2, 0.25) is 58.9 Å². The van der Waals surface area contributed by atoms with Crippen LogP contribution in [-0.4, -0.2) is 41.6 Å². The molecule has 19 heavy (non-hydrogen) atoms. The van der Waals surface area contributed by atoms with Gasteiger partial charge >= 0.3 is 17.4 Å². The van der Waals surface area contributed by atoms with E-state index in [2.05, 4.69) is 75.6 Å². The summed E-state index contributed by atoms with van der Waals surface area (Å²) in [6.07, 6.45) is 20.0. The summed E-state index contributed by atoms with van der Waals surface area (Å²) >= 11 is 0. The summed E-state index contributed by atoms with van der Waals surface area (Å²) in [7, 11) is -3.64. The van der Waals surface area contributed by atoms with Crippen molar-refractivity contribution in [1.82, 2.24) is 0 Å². The van der Waals surface area contributed by atoms with Crippen LogP contribution in [0.25, 0.3) is 0 Å². The predicted octanol–water partition coefficient (Wildman–Crippen LogP) is 3.98. The van der Waals surface area contributed by atoms with Crippen molar-refractivity contribution in [2.45, 2.75) is 58.9 Å². The Bertz CT molecular complexity index is 275. The average molecular weight is 319 g/mol. The summed E-state index contributed by atoms with van der Waals surface area (Å²) in [6, 6.07) is 0. The molecule has 0 bridgehead atoms. The van der Waals surface area contributed by atoms with Gasteiger partial charge in [-0.3, -0.25) is 0 Å². The number of hydrogen-bond acceptors (Lipinski definition) is 0. The van der Waals surface area contributed by atoms with E-state index in [0.29, 0.717) is 0 Å². The Labute approximate surface area is 136 Å². The maximum atomic E-state index is 6.67. The maximum absolute atomic E-state index is 6.67. The SMILES string of the molecule is [Al+3].[C-]#C[Si](C)(C)C.[C-]#C[Si](C)(C)C.[C-]#C[Si](C)(C)C. The Morgan fingerprint density at radius 2 is 0.526 bits per heavy atom. The molecule has 0 aromatic rings. The van der Waals surface area contributed by atoms with Crippen LogP contribution >= 0.6 is 0 Å². The largest absolute Gasteiger partial charge is 3.00 e. The van der Waals surface area contributed by atoms with Crippen LogP contribution in [0, 0.1) is 35.9 Å². The average Bonchev–Trinajstić information content (AvgIpc) is 2.16. The van der Waals surface area contributed by atoms with Gasteiger partial charge in [0.25, 0.3) is 0 Å². The molecule has 0 aromatic carbocycles. The van der Waals surface area contributed by atoms with E-state index in [1.807, 2.05) is 0 Å². The van der Waals surface area contributed by atoms with Crippen molar-refractivity contribution in [3.63, 3.8) is 0 Å². The van der Waals surface area contributed by atoms with Gasteiger partial charge in [0.2, 0.25) is 0 Å². The molecule has 0 saturated carbocycles. The summed E-state index contributed by atoms with van der Waals surface area (Å²) in [4.78, 5) is 0. The van der Waals surface area contributed by atoms with Crippen LogP contribution in [-0.2, 0) is 0 Å². The van der Waals surface area contributed by atoms with Gasteiger partial charge < -0.3 is 35.9 Å². The third-order valence-electron chi connectivity index (χ3n) is 1.12. The van der Waals surface area contributed by atoms with Crippen LogP contribution in [0.3, 0.4) is 0 Å². The minimum absolute atomic E-state index is 0. The summed E-state index contributed by atoms with van der Waals surface area (Å²) in [6.45, 7) is 18.8. The quantitative estimate of drug-likeness (QED) is 0.360. The molecule has 102 valence electrons. The Balaban J connectivity index is -0.0000000865. The fourth-order valence-electron chi connectivity index (χ4n) is 0. The van der Waals surface area contributed by atoms with Crippen molar-refractivity contribution in [3.05, 3.63) is 19.3 Å². The maximum Gasteiger partial charge on any atom is 3.00 e. The Morgan fingerprint density at radius 1 is 0.474 bits per heavy atom. The van der Waals surface area contributed by atoms with E-state index in [-0.39, 0.29) is 17.4 Å². The normalized spacial score (nSPS) is 9.79. The minimum atomic E-state index is -1.21. The molecule has 0 heterocycles. The summed E-state index contributed by atoms with van der Waals surface area (Å²) < 4.78 is 0. The van der Waals surface area contributed by atoms with Gasteiger partial charge in [-0.15, -0.1) is 0 Å². The zero-order chi connectivity index (χ0) is 15.6. The van der Waals surface area contributed by atoms with E-state index in [1.54, 1.807) is 0 Å². The van der Waals surface area contributed by atoms with Crippen LogP contribution in [0.4, 0.5) is 0 Å². The molecule has 0 atom stereocenters. The van der Waals surface area contributed by atoms with Gasteiger partial charge in [0.05, 0.1) is 24.2 Å². The molecular formula is C15H27AlSi3. The van der Waals surface area contributed by atoms with Gasteiger partial charge in [-0.2, -0.15) is 0 Å². The Morgan fingerprint density at radius 3 is 0.526 bits per heavy atom. The molecule has 0 amide bonds. The standard InChI is InChI=1S/3C5H9Si.Al/c3*1-5-6(2,3)4;/h3*2-4H3;/q3*-1;+3. The first-order valence-electron chi connectivity index (χ1n) is 6.00. The topological polar surface area (TPSA) is 0 Å². The van der Waals surface area contributed by atoms with E-state index in [0.717, 1.165) is 0 Å². The van der Waals surface area contributed by atoms with E-state index in [9.17, 15) is 0 Å². The molecule has 4 heteroatoms. The molecule has 0 radical (unpaired) electrons. The number of rotatable bonds is 0. The van der Waals surface area contributed by atoms with Crippen molar-refractivity contribution in [3.8, 4) is 16.6 Å². The molecule has 0 aliphatic carbocycles. The first-order chi connectivity index (χ1) is 7.68. The molecule has 0 aliphatic rings. The van der Waals surface area contributed by atoms with Crippen molar-refractivity contribution in [2.75, 3.05) is 0 Å². The first kappa shape index (κ1) is 27.2. The Kier molecular flexibility index (Phi) is 16.7. The van der Waals surface area contributed by atoms with Gasteiger partial charge in [-0.05, 0) is 0 Å².